The minimum absolute atomic E-state index is 0.0290. The standard InChI is InChI=1S/C23H25N3O4/c1-16(17-8-3-2-4-9-17)26-15-18(14-21(26)27)22(28)30-13-7-12-25-20-11-6-5-10-19(20)24-23(25)29/h2-6,8-11,16,18H,7,12-15H2,1H3,(H,24,29). The van der Waals surface area contributed by atoms with Crippen LogP contribution in [0.2, 0.25) is 0 Å². The van der Waals surface area contributed by atoms with E-state index in [1.807, 2.05) is 61.5 Å². The summed E-state index contributed by atoms with van der Waals surface area (Å²) in [6, 6.07) is 17.2. The number of carbonyl (C=O) groups excluding carboxylic acids is 2. The number of nitrogens with one attached hydrogen (secondary N) is 1. The number of rotatable bonds is 7. The van der Waals surface area contributed by atoms with Crippen LogP contribution in [0, 0.1) is 5.92 Å². The number of nitrogens with zero attached hydrogens (tertiary/aromatic N) is 2. The number of aromatic amines is 1. The van der Waals surface area contributed by atoms with Gasteiger partial charge in [0.1, 0.15) is 0 Å². The number of likely N-dealkylation sites (tertiary alicyclic amines) is 1. The summed E-state index contributed by atoms with van der Waals surface area (Å²) < 4.78 is 7.06. The molecule has 1 aliphatic rings. The zero-order valence-corrected chi connectivity index (χ0v) is 16.9. The van der Waals surface area contributed by atoms with Gasteiger partial charge in [-0.3, -0.25) is 14.2 Å². The third kappa shape index (κ3) is 4.01. The molecular weight excluding hydrogens is 382 g/mol. The van der Waals surface area contributed by atoms with Crippen LogP contribution in [0.5, 0.6) is 0 Å². The summed E-state index contributed by atoms with van der Waals surface area (Å²) in [5, 5.41) is 0. The first kappa shape index (κ1) is 19.9. The fourth-order valence-electron chi connectivity index (χ4n) is 4.02. The molecule has 7 heteroatoms. The van der Waals surface area contributed by atoms with Gasteiger partial charge in [-0.05, 0) is 31.0 Å². The van der Waals surface area contributed by atoms with Crippen molar-refractivity contribution in [1.82, 2.24) is 14.5 Å². The van der Waals surface area contributed by atoms with E-state index in [1.165, 1.54) is 0 Å². The van der Waals surface area contributed by atoms with Crippen molar-refractivity contribution >= 4 is 22.9 Å². The second-order valence-corrected chi connectivity index (χ2v) is 7.65. The average molecular weight is 407 g/mol. The lowest BCUT2D eigenvalue weighted by Crippen LogP contribution is -2.29. The molecule has 2 atom stereocenters. The van der Waals surface area contributed by atoms with Crippen molar-refractivity contribution in [3.8, 4) is 0 Å². The maximum absolute atomic E-state index is 12.5. The fraction of sp³-hybridized carbons (Fsp3) is 0.348. The summed E-state index contributed by atoms with van der Waals surface area (Å²) in [4.78, 5) is 41.5. The molecule has 0 radical (unpaired) electrons. The maximum atomic E-state index is 12.5. The topological polar surface area (TPSA) is 84.4 Å². The molecule has 0 aliphatic carbocycles. The molecule has 30 heavy (non-hydrogen) atoms. The predicted molar refractivity (Wildman–Crippen MR) is 113 cm³/mol. The molecule has 1 aromatic heterocycles. The van der Waals surface area contributed by atoms with E-state index in [4.69, 9.17) is 4.74 Å². The zero-order chi connectivity index (χ0) is 21.1. The van der Waals surface area contributed by atoms with Crippen LogP contribution in [-0.4, -0.2) is 39.5 Å². The third-order valence-corrected chi connectivity index (χ3v) is 5.69. The van der Waals surface area contributed by atoms with Gasteiger partial charge in [0.05, 0.1) is 29.6 Å². The number of carbonyl (C=O) groups is 2. The van der Waals surface area contributed by atoms with E-state index >= 15 is 0 Å². The van der Waals surface area contributed by atoms with E-state index in [2.05, 4.69) is 4.98 Å². The summed E-state index contributed by atoms with van der Waals surface area (Å²) in [6.07, 6.45) is 0.705. The Morgan fingerprint density at radius 1 is 1.13 bits per heavy atom. The number of fused-ring (bicyclic) bond motifs is 1. The molecule has 7 nitrogen and oxygen atoms in total. The van der Waals surface area contributed by atoms with Crippen LogP contribution in [-0.2, 0) is 20.9 Å². The molecule has 156 valence electrons. The number of aromatic nitrogens is 2. The van der Waals surface area contributed by atoms with Crippen molar-refractivity contribution < 1.29 is 14.3 Å². The Morgan fingerprint density at radius 3 is 2.67 bits per heavy atom. The minimum atomic E-state index is -0.445. The lowest BCUT2D eigenvalue weighted by Gasteiger charge is -2.25. The number of ether oxygens (including phenoxy) is 1. The Kier molecular flexibility index (Phi) is 5.70. The van der Waals surface area contributed by atoms with Crippen molar-refractivity contribution in [2.75, 3.05) is 13.2 Å². The molecule has 3 aromatic rings. The molecule has 0 spiro atoms. The summed E-state index contributed by atoms with van der Waals surface area (Å²) in [6.45, 7) is 3.01. The second kappa shape index (κ2) is 8.57. The number of para-hydroxylation sites is 2. The van der Waals surface area contributed by atoms with E-state index in [9.17, 15) is 14.4 Å². The summed E-state index contributed by atoms with van der Waals surface area (Å²) in [7, 11) is 0. The second-order valence-electron chi connectivity index (χ2n) is 7.65. The van der Waals surface area contributed by atoms with Crippen LogP contribution in [0.4, 0.5) is 0 Å². The van der Waals surface area contributed by atoms with Gasteiger partial charge in [0.2, 0.25) is 5.91 Å². The van der Waals surface area contributed by atoms with Gasteiger partial charge in [-0.15, -0.1) is 0 Å². The molecule has 1 N–H and O–H groups in total. The summed E-state index contributed by atoms with van der Waals surface area (Å²) in [5.74, 6) is -0.824. The van der Waals surface area contributed by atoms with E-state index in [1.54, 1.807) is 9.47 Å². The lowest BCUT2D eigenvalue weighted by atomic mass is 10.1. The maximum Gasteiger partial charge on any atom is 0.326 e. The molecule has 2 unspecified atom stereocenters. The molecular formula is C23H25N3O4. The van der Waals surface area contributed by atoms with Gasteiger partial charge in [-0.25, -0.2) is 4.79 Å². The van der Waals surface area contributed by atoms with E-state index < -0.39 is 5.92 Å². The first-order valence-corrected chi connectivity index (χ1v) is 10.2. The van der Waals surface area contributed by atoms with Gasteiger partial charge >= 0.3 is 11.7 Å². The normalized spacial score (nSPS) is 17.4. The van der Waals surface area contributed by atoms with Crippen molar-refractivity contribution in [3.63, 3.8) is 0 Å². The first-order valence-electron chi connectivity index (χ1n) is 10.2. The number of aryl methyl sites for hydroxylation is 1. The molecule has 1 amide bonds. The highest BCUT2D eigenvalue weighted by Gasteiger charge is 2.37. The van der Waals surface area contributed by atoms with Gasteiger partial charge < -0.3 is 14.6 Å². The largest absolute Gasteiger partial charge is 0.465 e. The number of hydrogen-bond acceptors (Lipinski definition) is 4. The van der Waals surface area contributed by atoms with Crippen molar-refractivity contribution in [3.05, 3.63) is 70.6 Å². The summed E-state index contributed by atoms with van der Waals surface area (Å²) in [5.41, 5.74) is 2.50. The highest BCUT2D eigenvalue weighted by atomic mass is 16.5. The Balaban J connectivity index is 1.29. The highest BCUT2D eigenvalue weighted by Crippen LogP contribution is 2.29. The number of benzene rings is 2. The Bertz CT molecular complexity index is 1100. The fourth-order valence-corrected chi connectivity index (χ4v) is 4.02. The first-order chi connectivity index (χ1) is 14.5. The minimum Gasteiger partial charge on any atom is -0.465 e. The number of esters is 1. The van der Waals surface area contributed by atoms with Crippen LogP contribution >= 0.6 is 0 Å². The monoisotopic (exact) mass is 407 g/mol. The van der Waals surface area contributed by atoms with Crippen LogP contribution in [0.15, 0.2) is 59.4 Å². The van der Waals surface area contributed by atoms with E-state index in [-0.39, 0.29) is 36.6 Å². The van der Waals surface area contributed by atoms with Crippen LogP contribution in [0.1, 0.15) is 31.4 Å². The molecule has 1 fully saturated rings. The molecule has 4 rings (SSSR count). The van der Waals surface area contributed by atoms with Crippen LogP contribution in [0.3, 0.4) is 0 Å². The Morgan fingerprint density at radius 2 is 1.87 bits per heavy atom. The SMILES string of the molecule is CC(c1ccccc1)N1CC(C(=O)OCCCn2c(=O)[nH]c3ccccc32)CC1=O. The number of H-pyrrole nitrogens is 1. The van der Waals surface area contributed by atoms with Crippen LogP contribution in [0.25, 0.3) is 11.0 Å². The van der Waals surface area contributed by atoms with Gasteiger partial charge in [0, 0.05) is 19.5 Å². The zero-order valence-electron chi connectivity index (χ0n) is 16.9. The smallest absolute Gasteiger partial charge is 0.326 e. The van der Waals surface area contributed by atoms with E-state index in [0.717, 1.165) is 16.6 Å². The van der Waals surface area contributed by atoms with Crippen molar-refractivity contribution in [2.24, 2.45) is 5.92 Å². The number of amides is 1. The van der Waals surface area contributed by atoms with Crippen molar-refractivity contribution in [2.45, 2.75) is 32.4 Å². The highest BCUT2D eigenvalue weighted by molar-refractivity contribution is 5.87. The molecule has 2 aromatic carbocycles. The molecule has 0 bridgehead atoms. The average Bonchev–Trinajstić information content (AvgIpc) is 3.30. The Labute approximate surface area is 174 Å². The van der Waals surface area contributed by atoms with Crippen molar-refractivity contribution in [1.29, 1.82) is 0 Å². The third-order valence-electron chi connectivity index (χ3n) is 5.69. The quantitative estimate of drug-likeness (QED) is 0.482. The molecule has 1 aliphatic heterocycles. The number of imidazole rings is 1. The van der Waals surface area contributed by atoms with Gasteiger partial charge in [0.25, 0.3) is 0 Å². The Hall–Kier alpha value is -3.35. The number of hydrogen-bond donors (Lipinski definition) is 1. The van der Waals surface area contributed by atoms with E-state index in [0.29, 0.717) is 19.5 Å². The molecule has 2 heterocycles. The molecule has 0 saturated carbocycles. The van der Waals surface area contributed by atoms with Crippen LogP contribution < -0.4 is 5.69 Å². The lowest BCUT2D eigenvalue weighted by molar-refractivity contribution is -0.148. The molecule has 1 saturated heterocycles. The van der Waals surface area contributed by atoms with Gasteiger partial charge in [0.15, 0.2) is 0 Å². The summed E-state index contributed by atoms with van der Waals surface area (Å²) >= 11 is 0. The van der Waals surface area contributed by atoms with Gasteiger partial charge in [-0.1, -0.05) is 42.5 Å². The van der Waals surface area contributed by atoms with Gasteiger partial charge in [-0.2, -0.15) is 0 Å². The predicted octanol–water partition coefficient (Wildman–Crippen LogP) is 2.87.